The first kappa shape index (κ1) is 15.6. The molecule has 1 aromatic carbocycles. The fraction of sp³-hybridized carbons (Fsp3) is 0.250. The summed E-state index contributed by atoms with van der Waals surface area (Å²) < 4.78 is 0. The first-order valence-corrected chi connectivity index (χ1v) is 6.74. The van der Waals surface area contributed by atoms with E-state index in [9.17, 15) is 14.7 Å². The van der Waals surface area contributed by atoms with Gasteiger partial charge in [0.15, 0.2) is 0 Å². The lowest BCUT2D eigenvalue weighted by atomic mass is 9.85. The molecule has 22 heavy (non-hydrogen) atoms. The Morgan fingerprint density at radius 1 is 1.18 bits per heavy atom. The standard InChI is InChI=1S/C16H17N3O3/c1-10-13(8-17-9-18-10)14(20)19-12-6-4-11(5-7-12)16(2,3)15(21)22/h4-9H,1-3H3,(H,19,20)(H,21,22). The summed E-state index contributed by atoms with van der Waals surface area (Å²) >= 11 is 0. The number of carbonyl (C=O) groups excluding carboxylic acids is 1. The van der Waals surface area contributed by atoms with Gasteiger partial charge < -0.3 is 10.4 Å². The number of nitrogens with one attached hydrogen (secondary N) is 1. The summed E-state index contributed by atoms with van der Waals surface area (Å²) in [5.41, 5.74) is 1.26. The number of aliphatic carboxylic acids is 1. The number of hydrogen-bond donors (Lipinski definition) is 2. The number of nitrogens with zero attached hydrogens (tertiary/aromatic N) is 2. The first-order valence-electron chi connectivity index (χ1n) is 6.74. The molecule has 0 unspecified atom stereocenters. The number of aromatic nitrogens is 2. The van der Waals surface area contributed by atoms with E-state index in [0.717, 1.165) is 0 Å². The quantitative estimate of drug-likeness (QED) is 0.904. The molecule has 0 saturated carbocycles. The minimum atomic E-state index is -0.980. The van der Waals surface area contributed by atoms with E-state index in [2.05, 4.69) is 15.3 Å². The van der Waals surface area contributed by atoms with Crippen LogP contribution in [0.15, 0.2) is 36.8 Å². The number of hydrogen-bond acceptors (Lipinski definition) is 4. The van der Waals surface area contributed by atoms with Crippen molar-refractivity contribution in [3.05, 3.63) is 53.6 Å². The van der Waals surface area contributed by atoms with Crippen LogP contribution in [0.1, 0.15) is 35.5 Å². The molecule has 2 aromatic rings. The van der Waals surface area contributed by atoms with Gasteiger partial charge in [-0.3, -0.25) is 9.59 Å². The lowest BCUT2D eigenvalue weighted by Gasteiger charge is -2.19. The van der Waals surface area contributed by atoms with E-state index in [1.54, 1.807) is 45.0 Å². The highest BCUT2D eigenvalue weighted by atomic mass is 16.4. The van der Waals surface area contributed by atoms with E-state index < -0.39 is 11.4 Å². The largest absolute Gasteiger partial charge is 0.481 e. The van der Waals surface area contributed by atoms with Gasteiger partial charge >= 0.3 is 5.97 Å². The van der Waals surface area contributed by atoms with Gasteiger partial charge in [0.25, 0.3) is 5.91 Å². The molecule has 0 spiro atoms. The molecule has 0 radical (unpaired) electrons. The maximum absolute atomic E-state index is 12.1. The van der Waals surface area contributed by atoms with E-state index in [0.29, 0.717) is 22.5 Å². The van der Waals surface area contributed by atoms with Gasteiger partial charge in [-0.2, -0.15) is 0 Å². The minimum absolute atomic E-state index is 0.302. The Kier molecular flexibility index (Phi) is 4.21. The minimum Gasteiger partial charge on any atom is -0.481 e. The fourth-order valence-corrected chi connectivity index (χ4v) is 1.91. The molecule has 1 amide bonds. The summed E-state index contributed by atoms with van der Waals surface area (Å²) in [6.45, 7) is 5.00. The van der Waals surface area contributed by atoms with Gasteiger partial charge in [-0.05, 0) is 38.5 Å². The number of rotatable bonds is 4. The predicted octanol–water partition coefficient (Wildman–Crippen LogP) is 2.40. The molecule has 0 atom stereocenters. The van der Waals surface area contributed by atoms with Crippen molar-refractivity contribution in [3.63, 3.8) is 0 Å². The van der Waals surface area contributed by atoms with Gasteiger partial charge in [-0.15, -0.1) is 0 Å². The average molecular weight is 299 g/mol. The summed E-state index contributed by atoms with van der Waals surface area (Å²) in [6.07, 6.45) is 2.84. The lowest BCUT2D eigenvalue weighted by Crippen LogP contribution is -2.28. The first-order chi connectivity index (χ1) is 10.3. The molecule has 0 saturated heterocycles. The Labute approximate surface area is 128 Å². The second-order valence-electron chi connectivity index (χ2n) is 5.48. The second kappa shape index (κ2) is 5.93. The average Bonchev–Trinajstić information content (AvgIpc) is 2.48. The van der Waals surface area contributed by atoms with Crippen LogP contribution in [0.3, 0.4) is 0 Å². The third kappa shape index (κ3) is 3.11. The zero-order valence-corrected chi connectivity index (χ0v) is 12.6. The molecule has 0 aliphatic carbocycles. The van der Waals surface area contributed by atoms with Gasteiger partial charge in [-0.25, -0.2) is 9.97 Å². The molecule has 0 bridgehead atoms. The van der Waals surface area contributed by atoms with Crippen LogP contribution in [0.4, 0.5) is 5.69 Å². The van der Waals surface area contributed by atoms with Gasteiger partial charge in [0.2, 0.25) is 0 Å². The highest BCUT2D eigenvalue weighted by molar-refractivity contribution is 6.04. The summed E-state index contributed by atoms with van der Waals surface area (Å²) in [5.74, 6) is -1.20. The fourth-order valence-electron chi connectivity index (χ4n) is 1.91. The van der Waals surface area contributed by atoms with Crippen LogP contribution >= 0.6 is 0 Å². The van der Waals surface area contributed by atoms with Crippen molar-refractivity contribution >= 4 is 17.6 Å². The van der Waals surface area contributed by atoms with E-state index in [4.69, 9.17) is 0 Å². The van der Waals surface area contributed by atoms with Crippen LogP contribution in [0.2, 0.25) is 0 Å². The molecule has 6 nitrogen and oxygen atoms in total. The summed E-state index contributed by atoms with van der Waals surface area (Å²) in [5, 5.41) is 11.9. The molecule has 2 N–H and O–H groups in total. The highest BCUT2D eigenvalue weighted by Gasteiger charge is 2.29. The molecule has 0 aliphatic rings. The zero-order valence-electron chi connectivity index (χ0n) is 12.6. The number of anilines is 1. The molecule has 0 fully saturated rings. The Balaban J connectivity index is 2.17. The van der Waals surface area contributed by atoms with Gasteiger partial charge in [0, 0.05) is 11.9 Å². The van der Waals surface area contributed by atoms with Crippen molar-refractivity contribution in [3.8, 4) is 0 Å². The summed E-state index contributed by atoms with van der Waals surface area (Å²) in [4.78, 5) is 31.2. The number of amides is 1. The molecule has 6 heteroatoms. The van der Waals surface area contributed by atoms with Crippen LogP contribution in [0, 0.1) is 6.92 Å². The third-order valence-electron chi connectivity index (χ3n) is 3.56. The van der Waals surface area contributed by atoms with Gasteiger partial charge in [-0.1, -0.05) is 12.1 Å². The van der Waals surface area contributed by atoms with Crippen LogP contribution in [-0.2, 0) is 10.2 Å². The van der Waals surface area contributed by atoms with Crippen molar-refractivity contribution in [2.75, 3.05) is 5.32 Å². The van der Waals surface area contributed by atoms with Crippen LogP contribution in [0.25, 0.3) is 0 Å². The SMILES string of the molecule is Cc1ncncc1C(=O)Nc1ccc(C(C)(C)C(=O)O)cc1. The topological polar surface area (TPSA) is 92.2 Å². The van der Waals surface area contributed by atoms with Crippen molar-refractivity contribution in [2.45, 2.75) is 26.2 Å². The van der Waals surface area contributed by atoms with E-state index in [-0.39, 0.29) is 5.91 Å². The number of benzene rings is 1. The Morgan fingerprint density at radius 3 is 2.36 bits per heavy atom. The second-order valence-corrected chi connectivity index (χ2v) is 5.48. The van der Waals surface area contributed by atoms with E-state index >= 15 is 0 Å². The van der Waals surface area contributed by atoms with E-state index in [1.807, 2.05) is 0 Å². The smallest absolute Gasteiger partial charge is 0.313 e. The van der Waals surface area contributed by atoms with Gasteiger partial charge in [0.05, 0.1) is 16.7 Å². The highest BCUT2D eigenvalue weighted by Crippen LogP contribution is 2.25. The molecule has 2 rings (SSSR count). The Bertz CT molecular complexity index is 709. The van der Waals surface area contributed by atoms with Crippen molar-refractivity contribution in [1.29, 1.82) is 0 Å². The maximum Gasteiger partial charge on any atom is 0.313 e. The molecule has 0 aliphatic heterocycles. The third-order valence-corrected chi connectivity index (χ3v) is 3.56. The van der Waals surface area contributed by atoms with Crippen LogP contribution in [0.5, 0.6) is 0 Å². The number of carbonyl (C=O) groups is 2. The van der Waals surface area contributed by atoms with Crippen molar-refractivity contribution < 1.29 is 14.7 Å². The molecular weight excluding hydrogens is 282 g/mol. The Morgan fingerprint density at radius 2 is 1.82 bits per heavy atom. The number of carboxylic acids is 1. The molecule has 1 heterocycles. The normalized spacial score (nSPS) is 11.0. The van der Waals surface area contributed by atoms with E-state index in [1.165, 1.54) is 12.5 Å². The molecule has 114 valence electrons. The zero-order chi connectivity index (χ0) is 16.3. The number of carboxylic acid groups (broad SMARTS) is 1. The summed E-state index contributed by atoms with van der Waals surface area (Å²) in [6, 6.07) is 6.74. The predicted molar refractivity (Wildman–Crippen MR) is 81.8 cm³/mol. The lowest BCUT2D eigenvalue weighted by molar-refractivity contribution is -0.142. The van der Waals surface area contributed by atoms with Crippen LogP contribution in [-0.4, -0.2) is 27.0 Å². The van der Waals surface area contributed by atoms with Crippen molar-refractivity contribution in [2.24, 2.45) is 0 Å². The monoisotopic (exact) mass is 299 g/mol. The summed E-state index contributed by atoms with van der Waals surface area (Å²) in [7, 11) is 0. The maximum atomic E-state index is 12.1. The molecule has 1 aromatic heterocycles. The number of aryl methyl sites for hydroxylation is 1. The van der Waals surface area contributed by atoms with Gasteiger partial charge in [0.1, 0.15) is 6.33 Å². The van der Waals surface area contributed by atoms with Crippen molar-refractivity contribution in [1.82, 2.24) is 9.97 Å². The Hall–Kier alpha value is -2.76. The van der Waals surface area contributed by atoms with Crippen LogP contribution < -0.4 is 5.32 Å². The molecular formula is C16H17N3O3.